The molecule has 0 bridgehead atoms. The second-order valence-corrected chi connectivity index (χ2v) is 4.88. The van der Waals surface area contributed by atoms with E-state index in [-0.39, 0.29) is 23.7 Å². The van der Waals surface area contributed by atoms with Crippen LogP contribution >= 0.6 is 0 Å². The van der Waals surface area contributed by atoms with Gasteiger partial charge in [0.25, 0.3) is 0 Å². The van der Waals surface area contributed by atoms with Gasteiger partial charge in [-0.3, -0.25) is 4.79 Å². The van der Waals surface area contributed by atoms with Crippen LogP contribution in [0.3, 0.4) is 0 Å². The number of carbonyl (C=O) groups excluding carboxylic acids is 1. The van der Waals surface area contributed by atoms with E-state index in [1.54, 1.807) is 6.07 Å². The summed E-state index contributed by atoms with van der Waals surface area (Å²) in [5.41, 5.74) is 0.688. The molecule has 1 aromatic rings. The molecule has 108 valence electrons. The summed E-state index contributed by atoms with van der Waals surface area (Å²) < 4.78 is 4.74. The Hall–Kier alpha value is -2.18. The number of carbonyl (C=O) groups is 1. The summed E-state index contributed by atoms with van der Waals surface area (Å²) in [5.74, 6) is -0.342. The van der Waals surface area contributed by atoms with Gasteiger partial charge in [-0.05, 0) is 35.6 Å². The maximum absolute atomic E-state index is 11.4. The number of nitrogens with zero attached hydrogens (tertiary/aromatic N) is 2. The average molecular weight is 279 g/mol. The van der Waals surface area contributed by atoms with Crippen LogP contribution in [0.15, 0.2) is 18.3 Å². The van der Waals surface area contributed by atoms with Gasteiger partial charge in [0.2, 0.25) is 0 Å². The molecule has 1 aromatic heterocycles. The van der Waals surface area contributed by atoms with E-state index in [1.807, 2.05) is 0 Å². The summed E-state index contributed by atoms with van der Waals surface area (Å²) in [6, 6.07) is 3.35. The van der Waals surface area contributed by atoms with Crippen LogP contribution < -0.4 is 5.32 Å². The fourth-order valence-corrected chi connectivity index (χ4v) is 2.48. The third-order valence-corrected chi connectivity index (χ3v) is 3.57. The number of methoxy groups -OCH3 is 1. The van der Waals surface area contributed by atoms with Crippen LogP contribution in [0.5, 0.6) is 0 Å². The third-order valence-electron chi connectivity index (χ3n) is 3.57. The molecule has 7 heteroatoms. The van der Waals surface area contributed by atoms with Gasteiger partial charge in [-0.1, -0.05) is 0 Å². The van der Waals surface area contributed by atoms with Gasteiger partial charge < -0.3 is 20.2 Å². The van der Waals surface area contributed by atoms with E-state index in [4.69, 9.17) is 4.74 Å². The highest BCUT2D eigenvalue weighted by molar-refractivity contribution is 5.72. The molecule has 1 fully saturated rings. The lowest BCUT2D eigenvalue weighted by atomic mass is 9.86. The number of rotatable bonds is 4. The van der Waals surface area contributed by atoms with Crippen LogP contribution in [-0.4, -0.2) is 29.0 Å². The smallest absolute Gasteiger partial charge is 0.365 e. The van der Waals surface area contributed by atoms with E-state index in [1.165, 1.54) is 19.4 Å². The van der Waals surface area contributed by atoms with Crippen LogP contribution in [-0.2, 0) is 9.53 Å². The van der Waals surface area contributed by atoms with Crippen LogP contribution in [0.25, 0.3) is 0 Å². The molecular formula is C13H17N3O4. The predicted molar refractivity (Wildman–Crippen MR) is 72.3 cm³/mol. The summed E-state index contributed by atoms with van der Waals surface area (Å²) in [6.45, 7) is 0. The van der Waals surface area contributed by atoms with Crippen molar-refractivity contribution in [3.63, 3.8) is 0 Å². The Morgan fingerprint density at radius 2 is 2.15 bits per heavy atom. The summed E-state index contributed by atoms with van der Waals surface area (Å²) in [6.07, 6.45) is 4.65. The van der Waals surface area contributed by atoms with Crippen molar-refractivity contribution in [3.8, 4) is 0 Å². The van der Waals surface area contributed by atoms with Gasteiger partial charge >= 0.3 is 11.8 Å². The number of aromatic nitrogens is 1. The van der Waals surface area contributed by atoms with Crippen molar-refractivity contribution in [2.45, 2.75) is 31.7 Å². The molecular weight excluding hydrogens is 262 g/mol. The van der Waals surface area contributed by atoms with Crippen LogP contribution in [0, 0.1) is 16.0 Å². The predicted octanol–water partition coefficient (Wildman–Crippen LogP) is 2.13. The van der Waals surface area contributed by atoms with Crippen molar-refractivity contribution < 1.29 is 14.5 Å². The third kappa shape index (κ3) is 3.43. The van der Waals surface area contributed by atoms with Crippen LogP contribution in [0.4, 0.5) is 11.5 Å². The molecule has 0 amide bonds. The Morgan fingerprint density at radius 1 is 1.45 bits per heavy atom. The Bertz CT molecular complexity index is 498. The van der Waals surface area contributed by atoms with E-state index in [2.05, 4.69) is 10.3 Å². The summed E-state index contributed by atoms with van der Waals surface area (Å²) in [5, 5.41) is 13.9. The minimum atomic E-state index is -0.515. The van der Waals surface area contributed by atoms with Crippen molar-refractivity contribution in [3.05, 3.63) is 28.4 Å². The number of ether oxygens (including phenoxy) is 1. The van der Waals surface area contributed by atoms with Gasteiger partial charge in [0.15, 0.2) is 0 Å². The SMILES string of the molecule is COC(=O)C1CCC(Nc2ccnc([N+](=O)[O-])c2)CC1. The Balaban J connectivity index is 1.91. The maximum atomic E-state index is 11.4. The molecule has 1 heterocycles. The monoisotopic (exact) mass is 279 g/mol. The van der Waals surface area contributed by atoms with Crippen molar-refractivity contribution in [1.29, 1.82) is 0 Å². The van der Waals surface area contributed by atoms with Crippen molar-refractivity contribution in [1.82, 2.24) is 4.98 Å². The summed E-state index contributed by atoms with van der Waals surface area (Å²) in [7, 11) is 1.41. The molecule has 1 aliphatic rings. The van der Waals surface area contributed by atoms with E-state index < -0.39 is 4.92 Å². The molecule has 20 heavy (non-hydrogen) atoms. The minimum Gasteiger partial charge on any atom is -0.469 e. The van der Waals surface area contributed by atoms with Crippen molar-refractivity contribution in [2.24, 2.45) is 5.92 Å². The minimum absolute atomic E-state index is 0.0233. The van der Waals surface area contributed by atoms with E-state index in [0.717, 1.165) is 25.7 Å². The topological polar surface area (TPSA) is 94.4 Å². The molecule has 1 aliphatic carbocycles. The van der Waals surface area contributed by atoms with Crippen molar-refractivity contribution in [2.75, 3.05) is 12.4 Å². The number of esters is 1. The van der Waals surface area contributed by atoms with Crippen LogP contribution in [0.2, 0.25) is 0 Å². The van der Waals surface area contributed by atoms with E-state index in [0.29, 0.717) is 5.69 Å². The Labute approximate surface area is 116 Å². The highest BCUT2D eigenvalue weighted by Crippen LogP contribution is 2.27. The maximum Gasteiger partial charge on any atom is 0.365 e. The zero-order chi connectivity index (χ0) is 14.5. The summed E-state index contributed by atoms with van der Waals surface area (Å²) >= 11 is 0. The zero-order valence-corrected chi connectivity index (χ0v) is 11.2. The zero-order valence-electron chi connectivity index (χ0n) is 11.2. The number of anilines is 1. The molecule has 0 aliphatic heterocycles. The average Bonchev–Trinajstić information content (AvgIpc) is 2.47. The van der Waals surface area contributed by atoms with Gasteiger partial charge in [0, 0.05) is 17.8 Å². The fraction of sp³-hybridized carbons (Fsp3) is 0.538. The first-order valence-corrected chi connectivity index (χ1v) is 6.55. The van der Waals surface area contributed by atoms with E-state index in [9.17, 15) is 14.9 Å². The first-order chi connectivity index (χ1) is 9.60. The molecule has 0 spiro atoms. The van der Waals surface area contributed by atoms with Gasteiger partial charge in [-0.25, -0.2) is 0 Å². The van der Waals surface area contributed by atoms with Crippen molar-refractivity contribution >= 4 is 17.5 Å². The number of hydrogen-bond donors (Lipinski definition) is 1. The molecule has 0 radical (unpaired) electrons. The first kappa shape index (κ1) is 14.2. The standard InChI is InChI=1S/C13H17N3O4/c1-20-13(17)9-2-4-10(5-3-9)15-11-6-7-14-12(8-11)16(18)19/h6-10H,2-5H2,1H3,(H,14,15). The number of hydrogen-bond acceptors (Lipinski definition) is 6. The Kier molecular flexibility index (Phi) is 4.49. The molecule has 0 unspecified atom stereocenters. The second kappa shape index (κ2) is 6.31. The molecule has 1 N–H and O–H groups in total. The fourth-order valence-electron chi connectivity index (χ4n) is 2.48. The van der Waals surface area contributed by atoms with Gasteiger partial charge in [0.1, 0.15) is 6.20 Å². The molecule has 2 rings (SSSR count). The number of nitro groups is 1. The largest absolute Gasteiger partial charge is 0.469 e. The number of pyridine rings is 1. The molecule has 1 saturated carbocycles. The normalized spacial score (nSPS) is 22.1. The quantitative estimate of drug-likeness (QED) is 0.515. The van der Waals surface area contributed by atoms with E-state index >= 15 is 0 Å². The lowest BCUT2D eigenvalue weighted by molar-refractivity contribution is -0.389. The highest BCUT2D eigenvalue weighted by Gasteiger charge is 2.26. The lowest BCUT2D eigenvalue weighted by Crippen LogP contribution is -2.29. The van der Waals surface area contributed by atoms with Crippen LogP contribution in [0.1, 0.15) is 25.7 Å². The Morgan fingerprint density at radius 3 is 2.75 bits per heavy atom. The van der Waals surface area contributed by atoms with Gasteiger partial charge in [-0.2, -0.15) is 0 Å². The lowest BCUT2D eigenvalue weighted by Gasteiger charge is -2.28. The molecule has 0 saturated heterocycles. The molecule has 0 atom stereocenters. The molecule has 7 nitrogen and oxygen atoms in total. The number of nitrogens with one attached hydrogen (secondary N) is 1. The first-order valence-electron chi connectivity index (χ1n) is 6.55. The second-order valence-electron chi connectivity index (χ2n) is 4.88. The van der Waals surface area contributed by atoms with Gasteiger partial charge in [0.05, 0.1) is 19.1 Å². The molecule has 0 aromatic carbocycles. The highest BCUT2D eigenvalue weighted by atomic mass is 16.6. The van der Waals surface area contributed by atoms with Gasteiger partial charge in [-0.15, -0.1) is 0 Å². The summed E-state index contributed by atoms with van der Waals surface area (Å²) in [4.78, 5) is 25.2.